The van der Waals surface area contributed by atoms with Crippen molar-refractivity contribution < 1.29 is 9.47 Å². The van der Waals surface area contributed by atoms with Crippen LogP contribution in [0.3, 0.4) is 0 Å². The summed E-state index contributed by atoms with van der Waals surface area (Å²) in [7, 11) is 1.65. The first kappa shape index (κ1) is 23.1. The molecule has 0 spiro atoms. The highest BCUT2D eigenvalue weighted by molar-refractivity contribution is 5.99. The first-order valence-corrected chi connectivity index (χ1v) is 12.6. The molecule has 0 amide bonds. The molecule has 0 saturated carbocycles. The average Bonchev–Trinajstić information content (AvgIpc) is 3.63. The van der Waals surface area contributed by atoms with Crippen LogP contribution < -0.4 is 4.74 Å². The molecule has 37 heavy (non-hydrogen) atoms. The van der Waals surface area contributed by atoms with Gasteiger partial charge in [-0.05, 0) is 35.3 Å². The third kappa shape index (κ3) is 3.89. The van der Waals surface area contributed by atoms with Crippen molar-refractivity contribution in [3.05, 3.63) is 150 Å². The second-order valence-corrected chi connectivity index (χ2v) is 9.27. The van der Waals surface area contributed by atoms with Crippen molar-refractivity contribution >= 4 is 10.9 Å². The van der Waals surface area contributed by atoms with E-state index in [1.54, 1.807) is 7.11 Å². The van der Waals surface area contributed by atoms with Gasteiger partial charge in [-0.2, -0.15) is 0 Å². The molecule has 182 valence electrons. The Balaban J connectivity index is 1.78. The van der Waals surface area contributed by atoms with Gasteiger partial charge in [-0.15, -0.1) is 0 Å². The number of allylic oxidation sites excluding steroid dienone is 4. The molecule has 0 unspecified atom stereocenters. The molecule has 3 heteroatoms. The monoisotopic (exact) mass is 483 g/mol. The van der Waals surface area contributed by atoms with E-state index in [0.717, 1.165) is 28.9 Å². The number of hydrogen-bond acceptors (Lipinski definition) is 2. The van der Waals surface area contributed by atoms with E-state index in [4.69, 9.17) is 9.47 Å². The summed E-state index contributed by atoms with van der Waals surface area (Å²) >= 11 is 0. The molecule has 1 atom stereocenters. The summed E-state index contributed by atoms with van der Waals surface area (Å²) in [4.78, 5) is 3.91. The molecule has 1 aromatic heterocycles. The number of nitrogens with one attached hydrogen (secondary N) is 1. The van der Waals surface area contributed by atoms with Crippen LogP contribution in [0.2, 0.25) is 0 Å². The quantitative estimate of drug-likeness (QED) is 0.227. The third-order valence-electron chi connectivity index (χ3n) is 7.23. The molecule has 3 nitrogen and oxygen atoms in total. The summed E-state index contributed by atoms with van der Waals surface area (Å²) in [6, 6.07) is 38.4. The summed E-state index contributed by atoms with van der Waals surface area (Å²) < 4.78 is 11.6. The van der Waals surface area contributed by atoms with E-state index in [2.05, 4.69) is 120 Å². The Morgan fingerprint density at radius 3 is 2.24 bits per heavy atom. The molecule has 1 aliphatic carbocycles. The zero-order chi connectivity index (χ0) is 25.1. The fourth-order valence-corrected chi connectivity index (χ4v) is 5.72. The van der Waals surface area contributed by atoms with Gasteiger partial charge in [0.05, 0.1) is 5.41 Å². The number of hydrogen-bond donors (Lipinski definition) is 1. The van der Waals surface area contributed by atoms with Gasteiger partial charge in [-0.25, -0.2) is 0 Å². The van der Waals surface area contributed by atoms with E-state index in [1.807, 2.05) is 12.1 Å². The largest absolute Gasteiger partial charge is 0.467 e. The molecule has 0 aliphatic heterocycles. The fraction of sp³-hybridized carbons (Fsp3) is 0.118. The first-order valence-electron chi connectivity index (χ1n) is 12.6. The summed E-state index contributed by atoms with van der Waals surface area (Å²) in [5, 5.41) is 1.20. The highest BCUT2D eigenvalue weighted by Crippen LogP contribution is 2.53. The zero-order valence-electron chi connectivity index (χ0n) is 20.9. The Kier molecular flexibility index (Phi) is 6.21. The van der Waals surface area contributed by atoms with Gasteiger partial charge in [0.2, 0.25) is 0 Å². The molecule has 1 N–H and O–H groups in total. The first-order chi connectivity index (χ1) is 18.3. The van der Waals surface area contributed by atoms with Crippen LogP contribution in [0.5, 0.6) is 5.75 Å². The molecule has 5 aromatic rings. The highest BCUT2D eigenvalue weighted by Gasteiger charge is 2.45. The molecule has 0 radical (unpaired) electrons. The fourth-order valence-electron chi connectivity index (χ4n) is 5.72. The number of para-hydroxylation sites is 2. The lowest BCUT2D eigenvalue weighted by Gasteiger charge is -2.38. The van der Waals surface area contributed by atoms with E-state index in [1.165, 1.54) is 27.6 Å². The molecule has 0 saturated heterocycles. The van der Waals surface area contributed by atoms with Crippen LogP contribution in [-0.4, -0.2) is 18.9 Å². The minimum Gasteiger partial charge on any atom is -0.467 e. The topological polar surface area (TPSA) is 34.2 Å². The van der Waals surface area contributed by atoms with Crippen molar-refractivity contribution in [1.29, 1.82) is 0 Å². The molecule has 1 aliphatic rings. The van der Waals surface area contributed by atoms with Crippen LogP contribution in [0.1, 0.15) is 23.2 Å². The predicted molar refractivity (Wildman–Crippen MR) is 151 cm³/mol. The van der Waals surface area contributed by atoms with E-state index in [0.29, 0.717) is 0 Å². The van der Waals surface area contributed by atoms with E-state index in [-0.39, 0.29) is 6.79 Å². The number of methoxy groups -OCH3 is 1. The lowest BCUT2D eigenvalue weighted by atomic mass is 9.64. The van der Waals surface area contributed by atoms with Gasteiger partial charge in [0.15, 0.2) is 6.79 Å². The van der Waals surface area contributed by atoms with Gasteiger partial charge in [0.1, 0.15) is 5.75 Å². The normalized spacial score (nSPS) is 14.5. The van der Waals surface area contributed by atoms with Gasteiger partial charge < -0.3 is 14.5 Å². The number of ether oxygens (including phenoxy) is 2. The standard InChI is InChI=1S/C34H29NO2/c1-36-24-37-31-23-13-11-21-29(31)34(27-18-8-9-19-27,26-16-6-3-7-17-26)33-32(25-14-4-2-5-15-25)28-20-10-12-22-30(28)35-33/h2-18,20-23,35H,19,24H2,1H3/t34-/m1/s1. The van der Waals surface area contributed by atoms with E-state index in [9.17, 15) is 0 Å². The van der Waals surface area contributed by atoms with Crippen molar-refractivity contribution in [2.75, 3.05) is 13.9 Å². The maximum absolute atomic E-state index is 6.23. The minimum atomic E-state index is -0.626. The van der Waals surface area contributed by atoms with E-state index < -0.39 is 5.41 Å². The SMILES string of the molecule is COCOc1ccccc1[C@](C1=CC=CC1)(c1ccccc1)c1[nH]c2ccccc2c1-c1ccccc1. The maximum atomic E-state index is 6.23. The van der Waals surface area contributed by atoms with Crippen LogP contribution in [0.15, 0.2) is 133 Å². The average molecular weight is 484 g/mol. The summed E-state index contributed by atoms with van der Waals surface area (Å²) in [5.74, 6) is 0.804. The van der Waals surface area contributed by atoms with Crippen LogP contribution in [0.25, 0.3) is 22.0 Å². The molecule has 1 heterocycles. The van der Waals surface area contributed by atoms with Gasteiger partial charge in [-0.3, -0.25) is 0 Å². The highest BCUT2D eigenvalue weighted by atomic mass is 16.7. The summed E-state index contributed by atoms with van der Waals surface area (Å²) in [5.41, 5.74) is 7.55. The van der Waals surface area contributed by atoms with Crippen molar-refractivity contribution in [2.24, 2.45) is 0 Å². The Morgan fingerprint density at radius 1 is 0.784 bits per heavy atom. The maximum Gasteiger partial charge on any atom is 0.188 e. The minimum absolute atomic E-state index is 0.178. The Morgan fingerprint density at radius 2 is 1.49 bits per heavy atom. The Labute approximate surface area is 217 Å². The second kappa shape index (κ2) is 9.96. The molecule has 0 fully saturated rings. The van der Waals surface area contributed by atoms with Gasteiger partial charge >= 0.3 is 0 Å². The molecular formula is C34H29NO2. The number of rotatable bonds is 8. The van der Waals surface area contributed by atoms with Crippen LogP contribution in [-0.2, 0) is 10.2 Å². The van der Waals surface area contributed by atoms with Crippen molar-refractivity contribution in [1.82, 2.24) is 4.98 Å². The molecule has 0 bridgehead atoms. The number of benzene rings is 4. The van der Waals surface area contributed by atoms with Crippen molar-refractivity contribution in [3.8, 4) is 16.9 Å². The van der Waals surface area contributed by atoms with E-state index >= 15 is 0 Å². The third-order valence-corrected chi connectivity index (χ3v) is 7.23. The van der Waals surface area contributed by atoms with Crippen LogP contribution in [0.4, 0.5) is 0 Å². The summed E-state index contributed by atoms with van der Waals surface area (Å²) in [6.45, 7) is 0.178. The zero-order valence-corrected chi connectivity index (χ0v) is 20.9. The van der Waals surface area contributed by atoms with Gasteiger partial charge in [-0.1, -0.05) is 115 Å². The number of aromatic nitrogens is 1. The predicted octanol–water partition coefficient (Wildman–Crippen LogP) is 8.04. The smallest absolute Gasteiger partial charge is 0.188 e. The van der Waals surface area contributed by atoms with Crippen LogP contribution >= 0.6 is 0 Å². The number of aromatic amines is 1. The van der Waals surface area contributed by atoms with Gasteiger partial charge in [0.25, 0.3) is 0 Å². The molecular weight excluding hydrogens is 454 g/mol. The molecule has 6 rings (SSSR count). The van der Waals surface area contributed by atoms with Gasteiger partial charge in [0, 0.05) is 34.8 Å². The van der Waals surface area contributed by atoms with Crippen molar-refractivity contribution in [2.45, 2.75) is 11.8 Å². The van der Waals surface area contributed by atoms with Crippen LogP contribution in [0, 0.1) is 0 Å². The summed E-state index contributed by atoms with van der Waals surface area (Å²) in [6.07, 6.45) is 7.50. The Bertz CT molecular complexity index is 1580. The second-order valence-electron chi connectivity index (χ2n) is 9.27. The number of fused-ring (bicyclic) bond motifs is 1. The molecule has 4 aromatic carbocycles. The lowest BCUT2D eigenvalue weighted by molar-refractivity contribution is 0.0500. The lowest BCUT2D eigenvalue weighted by Crippen LogP contribution is -2.33. The van der Waals surface area contributed by atoms with Crippen molar-refractivity contribution in [3.63, 3.8) is 0 Å². The number of H-pyrrole nitrogens is 1. The Hall–Kier alpha value is -4.34.